The molecule has 4 rings (SSSR count). The number of hydrogen-bond acceptors (Lipinski definition) is 5. The van der Waals surface area contributed by atoms with Crippen molar-refractivity contribution in [1.29, 1.82) is 0 Å². The quantitative estimate of drug-likeness (QED) is 0.508. The summed E-state index contributed by atoms with van der Waals surface area (Å²) in [5.74, 6) is -0.978. The zero-order chi connectivity index (χ0) is 20.9. The molecule has 3 aromatic rings. The Morgan fingerprint density at radius 3 is 2.63 bits per heavy atom. The maximum absolute atomic E-state index is 13.5. The van der Waals surface area contributed by atoms with E-state index in [-0.39, 0.29) is 25.0 Å². The molecule has 0 aliphatic carbocycles. The standard InChI is InChI=1S/C21H16F2N4O3/c22-15-7-16(23)9-17(8-15)26-21(25-11-13-2-1-5-24-10-13)27-20(28)14-3-4-18-19(6-14)30-12-29-18/h1-10H,11-12H2,(H2,25,26,27,28). The molecule has 152 valence electrons. The van der Waals surface area contributed by atoms with E-state index in [0.717, 1.165) is 23.8 Å². The monoisotopic (exact) mass is 410 g/mol. The predicted molar refractivity (Wildman–Crippen MR) is 105 cm³/mol. The lowest BCUT2D eigenvalue weighted by atomic mass is 10.2. The highest BCUT2D eigenvalue weighted by Crippen LogP contribution is 2.32. The summed E-state index contributed by atoms with van der Waals surface area (Å²) >= 11 is 0. The Kier molecular flexibility index (Phi) is 5.51. The van der Waals surface area contributed by atoms with Gasteiger partial charge >= 0.3 is 0 Å². The normalized spacial score (nSPS) is 12.5. The molecule has 0 bridgehead atoms. The first-order chi connectivity index (χ1) is 14.6. The van der Waals surface area contributed by atoms with E-state index < -0.39 is 17.5 Å². The van der Waals surface area contributed by atoms with E-state index in [9.17, 15) is 13.6 Å². The number of pyridine rings is 1. The summed E-state index contributed by atoms with van der Waals surface area (Å²) in [6, 6.07) is 11.2. The fraction of sp³-hybridized carbons (Fsp3) is 0.0952. The maximum atomic E-state index is 13.5. The number of aliphatic imine (C=N–C) groups is 1. The Hall–Kier alpha value is -4.01. The van der Waals surface area contributed by atoms with Gasteiger partial charge in [0, 0.05) is 29.7 Å². The molecule has 2 heterocycles. The van der Waals surface area contributed by atoms with Gasteiger partial charge in [0.05, 0.1) is 6.54 Å². The number of nitrogens with one attached hydrogen (secondary N) is 2. The molecular formula is C21H16F2N4O3. The summed E-state index contributed by atoms with van der Waals surface area (Å²) in [5, 5.41) is 5.37. The molecule has 1 aromatic heterocycles. The highest BCUT2D eigenvalue weighted by Gasteiger charge is 2.17. The van der Waals surface area contributed by atoms with Crippen LogP contribution in [-0.2, 0) is 6.54 Å². The van der Waals surface area contributed by atoms with E-state index in [4.69, 9.17) is 9.47 Å². The van der Waals surface area contributed by atoms with Gasteiger partial charge in [-0.2, -0.15) is 0 Å². The summed E-state index contributed by atoms with van der Waals surface area (Å²) in [6.07, 6.45) is 3.26. The van der Waals surface area contributed by atoms with Gasteiger partial charge in [0.1, 0.15) is 11.6 Å². The molecular weight excluding hydrogens is 394 g/mol. The van der Waals surface area contributed by atoms with Crippen LogP contribution in [0.15, 0.2) is 65.9 Å². The molecule has 0 fully saturated rings. The zero-order valence-electron chi connectivity index (χ0n) is 15.6. The lowest BCUT2D eigenvalue weighted by Crippen LogP contribution is -2.36. The van der Waals surface area contributed by atoms with Crippen molar-refractivity contribution in [1.82, 2.24) is 10.3 Å². The van der Waals surface area contributed by atoms with Gasteiger partial charge in [0.15, 0.2) is 11.5 Å². The van der Waals surface area contributed by atoms with Crippen molar-refractivity contribution in [3.05, 3.63) is 83.7 Å². The number of benzene rings is 2. The summed E-state index contributed by atoms with van der Waals surface area (Å²) in [4.78, 5) is 21.0. The minimum atomic E-state index is -0.758. The van der Waals surface area contributed by atoms with Crippen molar-refractivity contribution in [2.75, 3.05) is 12.1 Å². The average Bonchev–Trinajstić information content (AvgIpc) is 3.20. The van der Waals surface area contributed by atoms with Crippen LogP contribution in [0.5, 0.6) is 11.5 Å². The molecule has 1 aliphatic rings. The van der Waals surface area contributed by atoms with Gasteiger partial charge in [0.25, 0.3) is 5.91 Å². The Balaban J connectivity index is 1.56. The topological polar surface area (TPSA) is 84.8 Å². The highest BCUT2D eigenvalue weighted by molar-refractivity contribution is 6.10. The van der Waals surface area contributed by atoms with E-state index in [2.05, 4.69) is 20.6 Å². The molecule has 2 N–H and O–H groups in total. The van der Waals surface area contributed by atoms with Gasteiger partial charge in [-0.3, -0.25) is 15.1 Å². The SMILES string of the molecule is O=C(NC(=NCc1cccnc1)Nc1cc(F)cc(F)c1)c1ccc2c(c1)OCO2. The van der Waals surface area contributed by atoms with Crippen LogP contribution in [0.25, 0.3) is 0 Å². The van der Waals surface area contributed by atoms with E-state index in [1.165, 1.54) is 6.07 Å². The number of amides is 1. The smallest absolute Gasteiger partial charge is 0.258 e. The summed E-state index contributed by atoms with van der Waals surface area (Å²) in [5.41, 5.74) is 1.20. The first-order valence-electron chi connectivity index (χ1n) is 8.94. The average molecular weight is 410 g/mol. The van der Waals surface area contributed by atoms with Crippen LogP contribution >= 0.6 is 0 Å². The number of carbonyl (C=O) groups excluding carboxylic acids is 1. The molecule has 2 aromatic carbocycles. The summed E-state index contributed by atoms with van der Waals surface area (Å²) < 4.78 is 37.6. The zero-order valence-corrected chi connectivity index (χ0v) is 15.6. The van der Waals surface area contributed by atoms with Gasteiger partial charge in [-0.05, 0) is 42.0 Å². The first-order valence-corrected chi connectivity index (χ1v) is 8.94. The predicted octanol–water partition coefficient (Wildman–Crippen LogP) is 3.49. The highest BCUT2D eigenvalue weighted by atomic mass is 19.1. The third-order valence-electron chi connectivity index (χ3n) is 4.13. The number of rotatable bonds is 4. The van der Waals surface area contributed by atoms with Crippen molar-refractivity contribution in [3.8, 4) is 11.5 Å². The van der Waals surface area contributed by atoms with E-state index in [1.807, 2.05) is 6.07 Å². The van der Waals surface area contributed by atoms with E-state index in [0.29, 0.717) is 17.1 Å². The van der Waals surface area contributed by atoms with Crippen molar-refractivity contribution in [2.24, 2.45) is 4.99 Å². The molecule has 30 heavy (non-hydrogen) atoms. The lowest BCUT2D eigenvalue weighted by Gasteiger charge is -2.12. The number of halogens is 2. The number of nitrogens with zero attached hydrogens (tertiary/aromatic N) is 2. The third-order valence-corrected chi connectivity index (χ3v) is 4.13. The van der Waals surface area contributed by atoms with Crippen LogP contribution in [0, 0.1) is 11.6 Å². The fourth-order valence-corrected chi connectivity index (χ4v) is 2.75. The Morgan fingerprint density at radius 1 is 1.07 bits per heavy atom. The second kappa shape index (κ2) is 8.56. The van der Waals surface area contributed by atoms with Crippen LogP contribution in [0.3, 0.4) is 0 Å². The number of anilines is 1. The first kappa shape index (κ1) is 19.3. The molecule has 0 saturated carbocycles. The van der Waals surface area contributed by atoms with Gasteiger partial charge < -0.3 is 14.8 Å². The van der Waals surface area contributed by atoms with Crippen molar-refractivity contribution in [2.45, 2.75) is 6.54 Å². The van der Waals surface area contributed by atoms with Crippen molar-refractivity contribution < 1.29 is 23.0 Å². The van der Waals surface area contributed by atoms with Crippen LogP contribution < -0.4 is 20.1 Å². The fourth-order valence-electron chi connectivity index (χ4n) is 2.75. The summed E-state index contributed by atoms with van der Waals surface area (Å²) in [6.45, 7) is 0.278. The van der Waals surface area contributed by atoms with Crippen LogP contribution in [-0.4, -0.2) is 23.6 Å². The molecule has 0 unspecified atom stereocenters. The maximum Gasteiger partial charge on any atom is 0.258 e. The van der Waals surface area contributed by atoms with Gasteiger partial charge in [-0.15, -0.1) is 0 Å². The second-order valence-corrected chi connectivity index (χ2v) is 6.33. The second-order valence-electron chi connectivity index (χ2n) is 6.33. The Bertz CT molecular complexity index is 1090. The van der Waals surface area contributed by atoms with E-state index in [1.54, 1.807) is 30.6 Å². The van der Waals surface area contributed by atoms with Crippen molar-refractivity contribution >= 4 is 17.6 Å². The van der Waals surface area contributed by atoms with Gasteiger partial charge in [-0.25, -0.2) is 13.8 Å². The number of guanidine groups is 1. The number of fused-ring (bicyclic) bond motifs is 1. The van der Waals surface area contributed by atoms with E-state index >= 15 is 0 Å². The van der Waals surface area contributed by atoms with Crippen LogP contribution in [0.4, 0.5) is 14.5 Å². The van der Waals surface area contributed by atoms with Crippen molar-refractivity contribution in [3.63, 3.8) is 0 Å². The molecule has 0 spiro atoms. The Morgan fingerprint density at radius 2 is 1.87 bits per heavy atom. The lowest BCUT2D eigenvalue weighted by molar-refractivity contribution is 0.0976. The van der Waals surface area contributed by atoms with Crippen LogP contribution in [0.1, 0.15) is 15.9 Å². The molecule has 1 aliphatic heterocycles. The third kappa shape index (κ3) is 4.69. The van der Waals surface area contributed by atoms with Crippen LogP contribution in [0.2, 0.25) is 0 Å². The molecule has 0 atom stereocenters. The molecule has 0 radical (unpaired) electrons. The largest absolute Gasteiger partial charge is 0.454 e. The van der Waals surface area contributed by atoms with Gasteiger partial charge in [-0.1, -0.05) is 6.07 Å². The molecule has 9 heteroatoms. The Labute approximate surface area is 170 Å². The van der Waals surface area contributed by atoms with Gasteiger partial charge in [0.2, 0.25) is 12.8 Å². The minimum Gasteiger partial charge on any atom is -0.454 e. The number of hydrogen-bond donors (Lipinski definition) is 2. The minimum absolute atomic E-state index is 0.0199. The number of aromatic nitrogens is 1. The molecule has 7 nitrogen and oxygen atoms in total. The number of ether oxygens (including phenoxy) is 2. The summed E-state index contributed by atoms with van der Waals surface area (Å²) in [7, 11) is 0. The molecule has 0 saturated heterocycles. The molecule has 1 amide bonds. The number of carbonyl (C=O) groups is 1.